The van der Waals surface area contributed by atoms with E-state index in [9.17, 15) is 8.78 Å². The quantitative estimate of drug-likeness (QED) is 0.758. The van der Waals surface area contributed by atoms with Crippen LogP contribution in [0.2, 0.25) is 0 Å². The lowest BCUT2D eigenvalue weighted by atomic mass is 9.94. The zero-order valence-corrected chi connectivity index (χ0v) is 17.1. The molecule has 2 saturated heterocycles. The highest BCUT2D eigenvalue weighted by molar-refractivity contribution is 5.38. The number of halogens is 2. The minimum Gasteiger partial charge on any atom is -0.354 e. The Morgan fingerprint density at radius 1 is 1.07 bits per heavy atom. The molecule has 2 atom stereocenters. The smallest absolute Gasteiger partial charge is 0.130 e. The standard InChI is InChI=1S/C23H30F2N4/c1-18(21-8-7-20(24)15-22(21)25)29-10-4-5-19(17-29)16-27-11-13-28(14-12-27)23-6-2-3-9-26-23/h2-3,6-9,15,18-19H,4-5,10-14,16-17H2,1H3. The lowest BCUT2D eigenvalue weighted by Crippen LogP contribution is -2.50. The van der Waals surface area contributed by atoms with Crippen LogP contribution in [0, 0.1) is 17.6 Å². The molecular weight excluding hydrogens is 370 g/mol. The molecule has 2 unspecified atom stereocenters. The molecule has 1 aromatic carbocycles. The van der Waals surface area contributed by atoms with Crippen molar-refractivity contribution < 1.29 is 8.78 Å². The molecule has 0 aliphatic carbocycles. The second-order valence-electron chi connectivity index (χ2n) is 8.32. The molecule has 3 heterocycles. The van der Waals surface area contributed by atoms with E-state index in [-0.39, 0.29) is 6.04 Å². The predicted octanol–water partition coefficient (Wildman–Crippen LogP) is 3.96. The lowest BCUT2D eigenvalue weighted by Gasteiger charge is -2.41. The van der Waals surface area contributed by atoms with Crippen molar-refractivity contribution >= 4 is 5.82 Å². The van der Waals surface area contributed by atoms with E-state index >= 15 is 0 Å². The first-order chi connectivity index (χ1) is 14.1. The minimum atomic E-state index is -0.514. The number of benzene rings is 1. The van der Waals surface area contributed by atoms with E-state index in [2.05, 4.69) is 25.8 Å². The van der Waals surface area contributed by atoms with Gasteiger partial charge in [0.05, 0.1) is 0 Å². The Balaban J connectivity index is 1.30. The van der Waals surface area contributed by atoms with E-state index < -0.39 is 11.6 Å². The summed E-state index contributed by atoms with van der Waals surface area (Å²) in [4.78, 5) is 11.7. The van der Waals surface area contributed by atoms with Gasteiger partial charge in [-0.2, -0.15) is 0 Å². The lowest BCUT2D eigenvalue weighted by molar-refractivity contribution is 0.100. The molecule has 4 nitrogen and oxygen atoms in total. The highest BCUT2D eigenvalue weighted by atomic mass is 19.1. The number of likely N-dealkylation sites (tertiary alicyclic amines) is 1. The molecule has 1 aromatic heterocycles. The third kappa shape index (κ3) is 4.93. The largest absolute Gasteiger partial charge is 0.354 e. The van der Waals surface area contributed by atoms with Crippen molar-refractivity contribution in [2.75, 3.05) is 50.7 Å². The third-order valence-corrected chi connectivity index (χ3v) is 6.37. The zero-order chi connectivity index (χ0) is 20.2. The Labute approximate surface area is 172 Å². The molecule has 0 spiro atoms. The summed E-state index contributed by atoms with van der Waals surface area (Å²) in [5.41, 5.74) is 0.594. The number of anilines is 1. The first-order valence-electron chi connectivity index (χ1n) is 10.7. The number of nitrogens with zero attached hydrogens (tertiary/aromatic N) is 4. The van der Waals surface area contributed by atoms with E-state index in [4.69, 9.17) is 0 Å². The van der Waals surface area contributed by atoms with Gasteiger partial charge in [0.1, 0.15) is 17.5 Å². The van der Waals surface area contributed by atoms with E-state index in [1.54, 1.807) is 6.07 Å². The van der Waals surface area contributed by atoms with Crippen molar-refractivity contribution in [3.63, 3.8) is 0 Å². The molecule has 2 aliphatic rings. The topological polar surface area (TPSA) is 22.6 Å². The van der Waals surface area contributed by atoms with Gasteiger partial charge < -0.3 is 4.90 Å². The molecule has 2 aliphatic heterocycles. The molecular formula is C23H30F2N4. The van der Waals surface area contributed by atoms with Crippen LogP contribution in [0.15, 0.2) is 42.6 Å². The van der Waals surface area contributed by atoms with Crippen molar-refractivity contribution in [3.8, 4) is 0 Å². The maximum absolute atomic E-state index is 14.2. The van der Waals surface area contributed by atoms with Crippen LogP contribution in [0.25, 0.3) is 0 Å². The first kappa shape index (κ1) is 20.2. The average Bonchev–Trinajstić information content (AvgIpc) is 2.75. The van der Waals surface area contributed by atoms with Crippen LogP contribution in [0.3, 0.4) is 0 Å². The van der Waals surface area contributed by atoms with E-state index in [0.29, 0.717) is 11.5 Å². The van der Waals surface area contributed by atoms with Crippen LogP contribution in [-0.2, 0) is 0 Å². The number of piperazine rings is 1. The summed E-state index contributed by atoms with van der Waals surface area (Å²) in [6.45, 7) is 9.18. The molecule has 0 saturated carbocycles. The van der Waals surface area contributed by atoms with Gasteiger partial charge in [0.15, 0.2) is 0 Å². The van der Waals surface area contributed by atoms with Gasteiger partial charge in [0.2, 0.25) is 0 Å². The van der Waals surface area contributed by atoms with Gasteiger partial charge in [-0.1, -0.05) is 12.1 Å². The summed E-state index contributed by atoms with van der Waals surface area (Å²) in [5.74, 6) is 0.701. The summed E-state index contributed by atoms with van der Waals surface area (Å²) < 4.78 is 27.5. The summed E-state index contributed by atoms with van der Waals surface area (Å²) in [6, 6.07) is 9.98. The fraction of sp³-hybridized carbons (Fsp3) is 0.522. The van der Waals surface area contributed by atoms with Gasteiger partial charge in [-0.25, -0.2) is 13.8 Å². The van der Waals surface area contributed by atoms with Crippen LogP contribution in [0.1, 0.15) is 31.4 Å². The summed E-state index contributed by atoms with van der Waals surface area (Å²) in [6.07, 6.45) is 4.20. The van der Waals surface area contributed by atoms with Crippen molar-refractivity contribution in [2.24, 2.45) is 5.92 Å². The molecule has 0 N–H and O–H groups in total. The van der Waals surface area contributed by atoms with Crippen molar-refractivity contribution in [3.05, 3.63) is 59.8 Å². The second-order valence-corrected chi connectivity index (χ2v) is 8.32. The number of hydrogen-bond acceptors (Lipinski definition) is 4. The highest BCUT2D eigenvalue weighted by Crippen LogP contribution is 2.29. The molecule has 6 heteroatoms. The fourth-order valence-electron chi connectivity index (χ4n) is 4.70. The Morgan fingerprint density at radius 3 is 2.62 bits per heavy atom. The van der Waals surface area contributed by atoms with E-state index in [1.165, 1.54) is 12.5 Å². The Morgan fingerprint density at radius 2 is 1.90 bits per heavy atom. The number of piperidine rings is 1. The summed E-state index contributed by atoms with van der Waals surface area (Å²) in [7, 11) is 0. The highest BCUT2D eigenvalue weighted by Gasteiger charge is 2.28. The van der Waals surface area contributed by atoms with Crippen molar-refractivity contribution in [2.45, 2.75) is 25.8 Å². The molecule has 4 rings (SSSR count). The monoisotopic (exact) mass is 400 g/mol. The van der Waals surface area contributed by atoms with Gasteiger partial charge in [-0.3, -0.25) is 9.80 Å². The number of pyridine rings is 1. The van der Waals surface area contributed by atoms with Gasteiger partial charge in [0, 0.05) is 63.1 Å². The Kier molecular flexibility index (Phi) is 6.40. The number of aromatic nitrogens is 1. The maximum Gasteiger partial charge on any atom is 0.130 e. The van der Waals surface area contributed by atoms with Crippen molar-refractivity contribution in [1.82, 2.24) is 14.8 Å². The zero-order valence-electron chi connectivity index (χ0n) is 17.1. The van der Waals surface area contributed by atoms with Crippen LogP contribution >= 0.6 is 0 Å². The normalized spacial score (nSPS) is 22.6. The number of rotatable bonds is 5. The molecule has 29 heavy (non-hydrogen) atoms. The molecule has 2 fully saturated rings. The molecule has 156 valence electrons. The van der Waals surface area contributed by atoms with E-state index in [1.807, 2.05) is 25.3 Å². The van der Waals surface area contributed by atoms with Crippen molar-refractivity contribution in [1.29, 1.82) is 0 Å². The van der Waals surface area contributed by atoms with Gasteiger partial charge in [-0.15, -0.1) is 0 Å². The number of hydrogen-bond donors (Lipinski definition) is 0. The predicted molar refractivity (Wildman–Crippen MR) is 112 cm³/mol. The van der Waals surface area contributed by atoms with Gasteiger partial charge >= 0.3 is 0 Å². The Bertz CT molecular complexity index is 793. The fourth-order valence-corrected chi connectivity index (χ4v) is 4.70. The SMILES string of the molecule is CC(c1ccc(F)cc1F)N1CCCC(CN2CCN(c3ccccn3)CC2)C1. The first-order valence-corrected chi connectivity index (χ1v) is 10.7. The molecule has 0 amide bonds. The van der Waals surface area contributed by atoms with Crippen LogP contribution in [0.4, 0.5) is 14.6 Å². The van der Waals surface area contributed by atoms with Crippen LogP contribution in [-0.4, -0.2) is 60.6 Å². The summed E-state index contributed by atoms with van der Waals surface area (Å²) in [5, 5.41) is 0. The van der Waals surface area contributed by atoms with E-state index in [0.717, 1.165) is 64.1 Å². The molecule has 0 bridgehead atoms. The Hall–Kier alpha value is -2.05. The summed E-state index contributed by atoms with van der Waals surface area (Å²) >= 11 is 0. The molecule has 2 aromatic rings. The third-order valence-electron chi connectivity index (χ3n) is 6.37. The van der Waals surface area contributed by atoms with Gasteiger partial charge in [0.25, 0.3) is 0 Å². The maximum atomic E-state index is 14.2. The minimum absolute atomic E-state index is 0.0283. The van der Waals surface area contributed by atoms with Crippen LogP contribution in [0.5, 0.6) is 0 Å². The average molecular weight is 401 g/mol. The van der Waals surface area contributed by atoms with Gasteiger partial charge in [-0.05, 0) is 50.4 Å². The van der Waals surface area contributed by atoms with Crippen LogP contribution < -0.4 is 4.90 Å². The molecule has 0 radical (unpaired) electrons. The second kappa shape index (κ2) is 9.18.